The van der Waals surface area contributed by atoms with E-state index < -0.39 is 10.0 Å². The molecule has 1 aromatic heterocycles. The van der Waals surface area contributed by atoms with Crippen LogP contribution in [0.5, 0.6) is 0 Å². The standard InChI is InChI=1S/C19H25FN4O2S/c1-23-12-19(21-13-23)27(25,26)24-10-17(14-6-8-15(20)9-7-14)18(11-24)22-16-4-2-3-5-16/h6-9,12-13,16-18,22H,2-5,10-11H2,1H3/t17-,18+/m1/s1. The molecule has 0 spiro atoms. The van der Waals surface area contributed by atoms with Crippen LogP contribution in [0.3, 0.4) is 0 Å². The van der Waals surface area contributed by atoms with Crippen LogP contribution >= 0.6 is 0 Å². The van der Waals surface area contributed by atoms with Gasteiger partial charge in [0.05, 0.1) is 6.33 Å². The van der Waals surface area contributed by atoms with Gasteiger partial charge in [-0.1, -0.05) is 25.0 Å². The number of nitrogens with one attached hydrogen (secondary N) is 1. The van der Waals surface area contributed by atoms with Crippen LogP contribution in [0.1, 0.15) is 37.2 Å². The second kappa shape index (κ2) is 7.33. The van der Waals surface area contributed by atoms with Crippen molar-refractivity contribution in [3.05, 3.63) is 48.2 Å². The smallest absolute Gasteiger partial charge is 0.262 e. The van der Waals surface area contributed by atoms with Crippen LogP contribution in [-0.4, -0.2) is 47.4 Å². The van der Waals surface area contributed by atoms with E-state index in [0.717, 1.165) is 18.4 Å². The minimum Gasteiger partial charge on any atom is -0.339 e. The number of aryl methyl sites for hydroxylation is 1. The van der Waals surface area contributed by atoms with Crippen LogP contribution in [0.15, 0.2) is 41.8 Å². The summed E-state index contributed by atoms with van der Waals surface area (Å²) in [7, 11) is -1.89. The Morgan fingerprint density at radius 2 is 1.85 bits per heavy atom. The highest BCUT2D eigenvalue weighted by Gasteiger charge is 2.41. The number of nitrogens with zero attached hydrogens (tertiary/aromatic N) is 3. The number of imidazole rings is 1. The normalized spacial score (nSPS) is 24.7. The van der Waals surface area contributed by atoms with Crippen molar-refractivity contribution in [3.63, 3.8) is 0 Å². The summed E-state index contributed by atoms with van der Waals surface area (Å²) in [6.07, 6.45) is 7.69. The Balaban J connectivity index is 1.60. The molecular weight excluding hydrogens is 367 g/mol. The molecule has 1 aliphatic heterocycles. The zero-order valence-corrected chi connectivity index (χ0v) is 16.2. The van der Waals surface area contributed by atoms with Gasteiger partial charge in [-0.2, -0.15) is 4.31 Å². The summed E-state index contributed by atoms with van der Waals surface area (Å²) in [5, 5.41) is 3.75. The van der Waals surface area contributed by atoms with Gasteiger partial charge >= 0.3 is 0 Å². The van der Waals surface area contributed by atoms with Crippen molar-refractivity contribution in [2.45, 2.75) is 48.7 Å². The van der Waals surface area contributed by atoms with Crippen LogP contribution in [0.2, 0.25) is 0 Å². The van der Waals surface area contributed by atoms with Crippen LogP contribution < -0.4 is 5.32 Å². The summed E-state index contributed by atoms with van der Waals surface area (Å²) in [5.74, 6) is -0.292. The summed E-state index contributed by atoms with van der Waals surface area (Å²) in [6.45, 7) is 0.770. The molecule has 8 heteroatoms. The van der Waals surface area contributed by atoms with E-state index in [2.05, 4.69) is 10.3 Å². The van der Waals surface area contributed by atoms with E-state index in [4.69, 9.17) is 0 Å². The lowest BCUT2D eigenvalue weighted by atomic mass is 9.93. The summed E-state index contributed by atoms with van der Waals surface area (Å²) < 4.78 is 42.5. The van der Waals surface area contributed by atoms with E-state index in [9.17, 15) is 12.8 Å². The van der Waals surface area contributed by atoms with E-state index in [1.54, 1.807) is 23.7 Å². The molecule has 1 saturated heterocycles. The van der Waals surface area contributed by atoms with Crippen molar-refractivity contribution < 1.29 is 12.8 Å². The summed E-state index contributed by atoms with van der Waals surface area (Å²) >= 11 is 0. The van der Waals surface area contributed by atoms with Crippen molar-refractivity contribution in [2.24, 2.45) is 7.05 Å². The molecular formula is C19H25FN4O2S. The zero-order chi connectivity index (χ0) is 19.0. The molecule has 2 aliphatic rings. The number of halogens is 1. The van der Waals surface area contributed by atoms with Crippen LogP contribution in [0, 0.1) is 5.82 Å². The van der Waals surface area contributed by atoms with Gasteiger partial charge in [-0.05, 0) is 30.5 Å². The molecule has 2 aromatic rings. The quantitative estimate of drug-likeness (QED) is 0.848. The minimum atomic E-state index is -3.65. The first-order valence-electron chi connectivity index (χ1n) is 9.43. The number of sulfonamides is 1. The van der Waals surface area contributed by atoms with Crippen LogP contribution in [-0.2, 0) is 17.1 Å². The molecule has 6 nitrogen and oxygen atoms in total. The molecule has 2 heterocycles. The van der Waals surface area contributed by atoms with Gasteiger partial charge in [-0.25, -0.2) is 17.8 Å². The van der Waals surface area contributed by atoms with E-state index in [-0.39, 0.29) is 22.8 Å². The third kappa shape index (κ3) is 3.79. The monoisotopic (exact) mass is 392 g/mol. The molecule has 1 aliphatic carbocycles. The number of hydrogen-bond acceptors (Lipinski definition) is 4. The highest BCUT2D eigenvalue weighted by Crippen LogP contribution is 2.33. The first kappa shape index (κ1) is 18.6. The largest absolute Gasteiger partial charge is 0.339 e. The van der Waals surface area contributed by atoms with Gasteiger partial charge in [0, 0.05) is 44.3 Å². The van der Waals surface area contributed by atoms with Crippen LogP contribution in [0.25, 0.3) is 0 Å². The average molecular weight is 393 g/mol. The topological polar surface area (TPSA) is 67.2 Å². The van der Waals surface area contributed by atoms with Crippen molar-refractivity contribution in [3.8, 4) is 0 Å². The molecule has 0 amide bonds. The van der Waals surface area contributed by atoms with Crippen molar-refractivity contribution in [1.82, 2.24) is 19.2 Å². The number of benzene rings is 1. The summed E-state index contributed by atoms with van der Waals surface area (Å²) in [5.41, 5.74) is 0.964. The van der Waals surface area contributed by atoms with Gasteiger partial charge in [-0.15, -0.1) is 0 Å². The highest BCUT2D eigenvalue weighted by atomic mass is 32.2. The second-order valence-electron chi connectivity index (χ2n) is 7.61. The SMILES string of the molecule is Cn1cnc(S(=O)(=O)N2C[C@H](NC3CCCC3)[C@@H](c3ccc(F)cc3)C2)c1. The maximum Gasteiger partial charge on any atom is 0.262 e. The Morgan fingerprint density at radius 1 is 1.15 bits per heavy atom. The first-order chi connectivity index (χ1) is 12.9. The van der Waals surface area contributed by atoms with Gasteiger partial charge < -0.3 is 9.88 Å². The molecule has 4 rings (SSSR count). The first-order valence-corrected chi connectivity index (χ1v) is 10.9. The third-order valence-electron chi connectivity index (χ3n) is 5.67. The molecule has 0 radical (unpaired) electrons. The van der Waals surface area contributed by atoms with Gasteiger partial charge in [0.1, 0.15) is 5.82 Å². The molecule has 0 bridgehead atoms. The molecule has 1 aromatic carbocycles. The average Bonchev–Trinajstić information content (AvgIpc) is 3.37. The minimum absolute atomic E-state index is 0.00955. The molecule has 1 N–H and O–H groups in total. The summed E-state index contributed by atoms with van der Waals surface area (Å²) in [6, 6.07) is 6.85. The Bertz CT molecular complexity index is 891. The lowest BCUT2D eigenvalue weighted by molar-refractivity contribution is 0.411. The number of aromatic nitrogens is 2. The predicted octanol–water partition coefficient (Wildman–Crippen LogP) is 2.25. The third-order valence-corrected chi connectivity index (χ3v) is 7.39. The van der Waals surface area contributed by atoms with Crippen molar-refractivity contribution in [1.29, 1.82) is 0 Å². The number of rotatable bonds is 5. The second-order valence-corrected chi connectivity index (χ2v) is 9.50. The van der Waals surface area contributed by atoms with Gasteiger partial charge in [0.2, 0.25) is 0 Å². The Morgan fingerprint density at radius 3 is 2.48 bits per heavy atom. The van der Waals surface area contributed by atoms with E-state index >= 15 is 0 Å². The highest BCUT2D eigenvalue weighted by molar-refractivity contribution is 7.89. The summed E-state index contributed by atoms with van der Waals surface area (Å²) in [4.78, 5) is 4.03. The Hall–Kier alpha value is -1.77. The fraction of sp³-hybridized carbons (Fsp3) is 0.526. The number of hydrogen-bond donors (Lipinski definition) is 1. The molecule has 2 fully saturated rings. The molecule has 27 heavy (non-hydrogen) atoms. The molecule has 2 atom stereocenters. The fourth-order valence-corrected chi connectivity index (χ4v) is 5.69. The lowest BCUT2D eigenvalue weighted by Gasteiger charge is -2.24. The molecule has 146 valence electrons. The Kier molecular flexibility index (Phi) is 5.05. The van der Waals surface area contributed by atoms with Gasteiger partial charge in [0.25, 0.3) is 10.0 Å². The maximum atomic E-state index is 13.4. The van der Waals surface area contributed by atoms with Crippen LogP contribution in [0.4, 0.5) is 4.39 Å². The maximum absolute atomic E-state index is 13.4. The fourth-order valence-electron chi connectivity index (χ4n) is 4.23. The zero-order valence-electron chi connectivity index (χ0n) is 15.4. The van der Waals surface area contributed by atoms with E-state index in [1.807, 2.05) is 0 Å². The van der Waals surface area contributed by atoms with Gasteiger partial charge in [0.15, 0.2) is 5.03 Å². The van der Waals surface area contributed by atoms with Crippen molar-refractivity contribution in [2.75, 3.05) is 13.1 Å². The lowest BCUT2D eigenvalue weighted by Crippen LogP contribution is -2.41. The predicted molar refractivity (Wildman–Crippen MR) is 100 cm³/mol. The van der Waals surface area contributed by atoms with E-state index in [1.165, 1.54) is 41.8 Å². The molecule has 0 unspecified atom stereocenters. The van der Waals surface area contributed by atoms with Gasteiger partial charge in [-0.3, -0.25) is 0 Å². The van der Waals surface area contributed by atoms with Crippen molar-refractivity contribution >= 4 is 10.0 Å². The Labute approximate surface area is 159 Å². The molecule has 1 saturated carbocycles. The van der Waals surface area contributed by atoms with E-state index in [0.29, 0.717) is 19.1 Å².